The molecule has 1 aliphatic heterocycles. The summed E-state index contributed by atoms with van der Waals surface area (Å²) in [4.78, 5) is 0. The molecular formula is C16H31NO2. The van der Waals surface area contributed by atoms with Crippen molar-refractivity contribution in [1.82, 2.24) is 5.32 Å². The van der Waals surface area contributed by atoms with Gasteiger partial charge in [0.05, 0.1) is 5.60 Å². The summed E-state index contributed by atoms with van der Waals surface area (Å²) in [6.07, 6.45) is 10.2. The van der Waals surface area contributed by atoms with Gasteiger partial charge in [-0.15, -0.1) is 0 Å². The van der Waals surface area contributed by atoms with Gasteiger partial charge in [0.25, 0.3) is 0 Å². The van der Waals surface area contributed by atoms with Crippen LogP contribution in [0.4, 0.5) is 0 Å². The van der Waals surface area contributed by atoms with Crippen molar-refractivity contribution in [2.45, 2.75) is 69.9 Å². The largest absolute Gasteiger partial charge is 0.381 e. The second-order valence-corrected chi connectivity index (χ2v) is 6.23. The molecule has 3 nitrogen and oxygen atoms in total. The van der Waals surface area contributed by atoms with Crippen molar-refractivity contribution in [3.63, 3.8) is 0 Å². The Bertz CT molecular complexity index is 245. The van der Waals surface area contributed by atoms with E-state index in [9.17, 15) is 0 Å². The van der Waals surface area contributed by atoms with Crippen molar-refractivity contribution in [2.24, 2.45) is 5.92 Å². The van der Waals surface area contributed by atoms with Crippen molar-refractivity contribution in [1.29, 1.82) is 0 Å². The van der Waals surface area contributed by atoms with Crippen LogP contribution in [-0.2, 0) is 9.47 Å². The monoisotopic (exact) mass is 269 g/mol. The van der Waals surface area contributed by atoms with Crippen molar-refractivity contribution < 1.29 is 9.47 Å². The zero-order valence-electron chi connectivity index (χ0n) is 12.7. The molecule has 0 aromatic carbocycles. The SMILES string of the molecule is CCNC(CC1CCOCC1)C1(OC)CCCCC1. The van der Waals surface area contributed by atoms with E-state index >= 15 is 0 Å². The summed E-state index contributed by atoms with van der Waals surface area (Å²) in [5.41, 5.74) is 0.0898. The van der Waals surface area contributed by atoms with Gasteiger partial charge in [-0.25, -0.2) is 0 Å². The first-order chi connectivity index (χ1) is 9.30. The summed E-state index contributed by atoms with van der Waals surface area (Å²) in [6.45, 7) is 5.15. The van der Waals surface area contributed by atoms with E-state index in [1.807, 2.05) is 7.11 Å². The summed E-state index contributed by atoms with van der Waals surface area (Å²) >= 11 is 0. The summed E-state index contributed by atoms with van der Waals surface area (Å²) in [5, 5.41) is 3.73. The van der Waals surface area contributed by atoms with E-state index in [1.165, 1.54) is 51.4 Å². The molecule has 1 atom stereocenters. The molecule has 3 heteroatoms. The van der Waals surface area contributed by atoms with E-state index in [4.69, 9.17) is 9.47 Å². The number of nitrogens with one attached hydrogen (secondary N) is 1. The Morgan fingerprint density at radius 1 is 1.21 bits per heavy atom. The molecule has 1 aliphatic carbocycles. The minimum atomic E-state index is 0.0898. The van der Waals surface area contributed by atoms with E-state index in [2.05, 4.69) is 12.2 Å². The standard InChI is InChI=1S/C16H31NO2/c1-3-17-15(13-14-7-11-19-12-8-14)16(18-2)9-5-4-6-10-16/h14-15,17H,3-13H2,1-2H3. The van der Waals surface area contributed by atoms with Gasteiger partial charge in [0.15, 0.2) is 0 Å². The van der Waals surface area contributed by atoms with Gasteiger partial charge in [-0.1, -0.05) is 26.2 Å². The second kappa shape index (κ2) is 7.61. The maximum atomic E-state index is 6.04. The van der Waals surface area contributed by atoms with Gasteiger partial charge in [-0.3, -0.25) is 0 Å². The average molecular weight is 269 g/mol. The molecular weight excluding hydrogens is 238 g/mol. The van der Waals surface area contributed by atoms with Crippen LogP contribution in [0.3, 0.4) is 0 Å². The lowest BCUT2D eigenvalue weighted by atomic mass is 9.75. The molecule has 0 aromatic rings. The Morgan fingerprint density at radius 3 is 2.47 bits per heavy atom. The topological polar surface area (TPSA) is 30.5 Å². The van der Waals surface area contributed by atoms with Crippen LogP contribution >= 0.6 is 0 Å². The average Bonchev–Trinajstić information content (AvgIpc) is 2.48. The van der Waals surface area contributed by atoms with Gasteiger partial charge in [0, 0.05) is 26.4 Å². The number of likely N-dealkylation sites (N-methyl/N-ethyl adjacent to an activating group) is 1. The minimum Gasteiger partial charge on any atom is -0.381 e. The molecule has 1 saturated carbocycles. The molecule has 1 N–H and O–H groups in total. The number of methoxy groups -OCH3 is 1. The van der Waals surface area contributed by atoms with Crippen LogP contribution in [0, 0.1) is 5.92 Å². The quantitative estimate of drug-likeness (QED) is 0.803. The fourth-order valence-corrected chi connectivity index (χ4v) is 3.89. The molecule has 19 heavy (non-hydrogen) atoms. The van der Waals surface area contributed by atoms with Crippen LogP contribution in [0.15, 0.2) is 0 Å². The number of hydrogen-bond acceptors (Lipinski definition) is 3. The van der Waals surface area contributed by atoms with Crippen LogP contribution in [0.25, 0.3) is 0 Å². The highest BCUT2D eigenvalue weighted by Crippen LogP contribution is 2.37. The van der Waals surface area contributed by atoms with Crippen LogP contribution in [0.5, 0.6) is 0 Å². The highest BCUT2D eigenvalue weighted by molar-refractivity contribution is 4.96. The fourth-order valence-electron chi connectivity index (χ4n) is 3.89. The Hall–Kier alpha value is -0.120. The third-order valence-corrected chi connectivity index (χ3v) is 5.10. The maximum Gasteiger partial charge on any atom is 0.0831 e. The Kier molecular flexibility index (Phi) is 6.11. The summed E-state index contributed by atoms with van der Waals surface area (Å²) in [6, 6.07) is 0.519. The van der Waals surface area contributed by atoms with Crippen LogP contribution < -0.4 is 5.32 Å². The van der Waals surface area contributed by atoms with Gasteiger partial charge in [-0.05, 0) is 44.6 Å². The fraction of sp³-hybridized carbons (Fsp3) is 1.00. The molecule has 0 bridgehead atoms. The van der Waals surface area contributed by atoms with E-state index < -0.39 is 0 Å². The van der Waals surface area contributed by atoms with Crippen LogP contribution in [0.1, 0.15) is 58.3 Å². The molecule has 2 aliphatic rings. The molecule has 2 fully saturated rings. The van der Waals surface area contributed by atoms with Gasteiger partial charge in [0.2, 0.25) is 0 Å². The van der Waals surface area contributed by atoms with E-state index in [-0.39, 0.29) is 5.60 Å². The smallest absolute Gasteiger partial charge is 0.0831 e. The lowest BCUT2D eigenvalue weighted by molar-refractivity contribution is -0.0755. The summed E-state index contributed by atoms with van der Waals surface area (Å²) in [5.74, 6) is 0.812. The Labute approximate surface area is 118 Å². The molecule has 1 saturated heterocycles. The molecule has 0 radical (unpaired) electrons. The molecule has 0 amide bonds. The molecule has 112 valence electrons. The zero-order valence-corrected chi connectivity index (χ0v) is 12.7. The Balaban J connectivity index is 1.99. The van der Waals surface area contributed by atoms with Crippen molar-refractivity contribution in [3.05, 3.63) is 0 Å². The molecule has 0 aromatic heterocycles. The summed E-state index contributed by atoms with van der Waals surface area (Å²) in [7, 11) is 1.92. The molecule has 1 heterocycles. The van der Waals surface area contributed by atoms with Gasteiger partial charge < -0.3 is 14.8 Å². The zero-order chi connectivity index (χ0) is 13.6. The van der Waals surface area contributed by atoms with E-state index in [0.29, 0.717) is 6.04 Å². The number of rotatable bonds is 6. The normalized spacial score (nSPS) is 26.2. The van der Waals surface area contributed by atoms with E-state index in [1.54, 1.807) is 0 Å². The van der Waals surface area contributed by atoms with Crippen molar-refractivity contribution in [2.75, 3.05) is 26.9 Å². The summed E-state index contributed by atoms with van der Waals surface area (Å²) < 4.78 is 11.5. The lowest BCUT2D eigenvalue weighted by Crippen LogP contribution is -2.54. The van der Waals surface area contributed by atoms with Gasteiger partial charge in [-0.2, -0.15) is 0 Å². The van der Waals surface area contributed by atoms with Crippen molar-refractivity contribution in [3.8, 4) is 0 Å². The van der Waals surface area contributed by atoms with Crippen LogP contribution in [-0.4, -0.2) is 38.5 Å². The lowest BCUT2D eigenvalue weighted by Gasteiger charge is -2.44. The highest BCUT2D eigenvalue weighted by Gasteiger charge is 2.40. The maximum absolute atomic E-state index is 6.04. The number of hydrogen-bond donors (Lipinski definition) is 1. The van der Waals surface area contributed by atoms with E-state index in [0.717, 1.165) is 25.7 Å². The first-order valence-electron chi connectivity index (χ1n) is 8.17. The molecule has 2 rings (SSSR count). The molecule has 1 unspecified atom stereocenters. The predicted molar refractivity (Wildman–Crippen MR) is 78.4 cm³/mol. The highest BCUT2D eigenvalue weighted by atomic mass is 16.5. The van der Waals surface area contributed by atoms with Gasteiger partial charge >= 0.3 is 0 Å². The first kappa shape index (κ1) is 15.3. The van der Waals surface area contributed by atoms with Crippen LogP contribution in [0.2, 0.25) is 0 Å². The second-order valence-electron chi connectivity index (χ2n) is 6.23. The minimum absolute atomic E-state index is 0.0898. The third-order valence-electron chi connectivity index (χ3n) is 5.10. The first-order valence-corrected chi connectivity index (χ1v) is 8.17. The number of ether oxygens (including phenoxy) is 2. The third kappa shape index (κ3) is 3.93. The van der Waals surface area contributed by atoms with Crippen molar-refractivity contribution >= 4 is 0 Å². The molecule has 0 spiro atoms. The predicted octanol–water partition coefficient (Wildman–Crippen LogP) is 3.13. The van der Waals surface area contributed by atoms with Gasteiger partial charge in [0.1, 0.15) is 0 Å². The Morgan fingerprint density at radius 2 is 1.89 bits per heavy atom.